The third-order valence-corrected chi connectivity index (χ3v) is 5.27. The zero-order chi connectivity index (χ0) is 13.8. The molecule has 5 nitrogen and oxygen atoms in total. The van der Waals surface area contributed by atoms with E-state index in [1.165, 1.54) is 0 Å². The molecule has 3 unspecified atom stereocenters. The van der Waals surface area contributed by atoms with E-state index in [9.17, 15) is 13.2 Å². The highest BCUT2D eigenvalue weighted by molar-refractivity contribution is 7.99. The Morgan fingerprint density at radius 3 is 2.67 bits per heavy atom. The summed E-state index contributed by atoms with van der Waals surface area (Å²) in [6.45, 7) is 0. The maximum Gasteiger partial charge on any atom is 0.237 e. The van der Waals surface area contributed by atoms with Gasteiger partial charge in [0.2, 0.25) is 5.91 Å². The summed E-state index contributed by atoms with van der Waals surface area (Å²) >= 11 is 1.82. The van der Waals surface area contributed by atoms with E-state index in [-0.39, 0.29) is 24.1 Å². The number of thioether (sulfide) groups is 1. The minimum absolute atomic E-state index is 0.0420. The van der Waals surface area contributed by atoms with Gasteiger partial charge in [-0.15, -0.1) is 0 Å². The molecule has 0 saturated heterocycles. The molecule has 0 aromatic rings. The van der Waals surface area contributed by atoms with E-state index >= 15 is 0 Å². The minimum atomic E-state index is -3.06. The van der Waals surface area contributed by atoms with Crippen LogP contribution in [0.15, 0.2) is 0 Å². The van der Waals surface area contributed by atoms with Crippen LogP contribution < -0.4 is 11.1 Å². The molecule has 1 aliphatic rings. The smallest absolute Gasteiger partial charge is 0.237 e. The van der Waals surface area contributed by atoms with Crippen molar-refractivity contribution in [2.75, 3.05) is 18.3 Å². The number of carbonyl (C=O) groups excluding carboxylic acids is 1. The second-order valence-electron chi connectivity index (χ2n) is 4.90. The van der Waals surface area contributed by atoms with Gasteiger partial charge in [0.05, 0.1) is 11.8 Å². The molecule has 3 N–H and O–H groups in total. The highest BCUT2D eigenvalue weighted by atomic mass is 32.2. The van der Waals surface area contributed by atoms with E-state index < -0.39 is 15.9 Å². The third-order valence-electron chi connectivity index (χ3n) is 3.20. The highest BCUT2D eigenvalue weighted by Gasteiger charge is 2.26. The largest absolute Gasteiger partial charge is 0.352 e. The lowest BCUT2D eigenvalue weighted by Gasteiger charge is -2.16. The molecule has 1 fully saturated rings. The Hall–Kier alpha value is -0.270. The maximum absolute atomic E-state index is 11.8. The molecule has 0 spiro atoms. The molecule has 0 heterocycles. The topological polar surface area (TPSA) is 89.3 Å². The first-order chi connectivity index (χ1) is 8.31. The Kier molecular flexibility index (Phi) is 5.94. The van der Waals surface area contributed by atoms with Gasteiger partial charge < -0.3 is 11.1 Å². The summed E-state index contributed by atoms with van der Waals surface area (Å²) in [5, 5.41) is 3.52. The zero-order valence-corrected chi connectivity index (χ0v) is 12.5. The molecule has 1 saturated carbocycles. The Morgan fingerprint density at radius 1 is 1.50 bits per heavy atom. The summed E-state index contributed by atoms with van der Waals surface area (Å²) < 4.78 is 22.0. The van der Waals surface area contributed by atoms with Crippen molar-refractivity contribution in [3.63, 3.8) is 0 Å². The summed E-state index contributed by atoms with van der Waals surface area (Å²) in [7, 11) is -3.06. The van der Waals surface area contributed by atoms with E-state index in [4.69, 9.17) is 5.73 Å². The van der Waals surface area contributed by atoms with E-state index in [0.717, 1.165) is 25.5 Å². The zero-order valence-electron chi connectivity index (χ0n) is 10.9. The number of rotatable bonds is 6. The van der Waals surface area contributed by atoms with E-state index in [1.807, 2.05) is 11.8 Å². The molecule has 0 aromatic carbocycles. The van der Waals surface area contributed by atoms with Gasteiger partial charge in [-0.3, -0.25) is 4.79 Å². The average Bonchev–Trinajstić information content (AvgIpc) is 2.72. The first kappa shape index (κ1) is 15.8. The Morgan fingerprint density at radius 2 is 2.17 bits per heavy atom. The lowest BCUT2D eigenvalue weighted by Crippen LogP contribution is -2.45. The van der Waals surface area contributed by atoms with Crippen LogP contribution in [-0.4, -0.2) is 49.9 Å². The Bertz CT molecular complexity index is 384. The molecule has 0 aliphatic heterocycles. The van der Waals surface area contributed by atoms with E-state index in [2.05, 4.69) is 11.6 Å². The normalized spacial score (nSPS) is 25.9. The number of amides is 1. The number of hydrogen-bond donors (Lipinski definition) is 2. The summed E-state index contributed by atoms with van der Waals surface area (Å²) in [4.78, 5) is 11.8. The predicted octanol–water partition coefficient (Wildman–Crippen LogP) is 0.149. The quantitative estimate of drug-likeness (QED) is 0.728. The van der Waals surface area contributed by atoms with Gasteiger partial charge in [0.25, 0.3) is 0 Å². The van der Waals surface area contributed by atoms with Crippen LogP contribution in [0, 0.1) is 0 Å². The van der Waals surface area contributed by atoms with Gasteiger partial charge >= 0.3 is 0 Å². The van der Waals surface area contributed by atoms with Gasteiger partial charge in [0, 0.05) is 17.5 Å². The van der Waals surface area contributed by atoms with Gasteiger partial charge in [0.15, 0.2) is 0 Å². The molecule has 3 atom stereocenters. The molecule has 1 amide bonds. The number of hydrogen-bond acceptors (Lipinski definition) is 5. The number of carbonyl (C=O) groups is 1. The summed E-state index contributed by atoms with van der Waals surface area (Å²) in [6, 6.07) is -0.535. The van der Waals surface area contributed by atoms with Crippen LogP contribution in [0.2, 0.25) is 0 Å². The van der Waals surface area contributed by atoms with Crippen molar-refractivity contribution in [1.82, 2.24) is 5.32 Å². The average molecular weight is 294 g/mol. The van der Waals surface area contributed by atoms with Gasteiger partial charge in [-0.25, -0.2) is 8.42 Å². The van der Waals surface area contributed by atoms with Crippen molar-refractivity contribution in [2.24, 2.45) is 5.73 Å². The Labute approximate surface area is 113 Å². The number of nitrogens with one attached hydrogen (secondary N) is 1. The summed E-state index contributed by atoms with van der Waals surface area (Å²) in [5.74, 6) is -0.273. The van der Waals surface area contributed by atoms with Crippen LogP contribution >= 0.6 is 11.8 Å². The fraction of sp³-hybridized carbons (Fsp3) is 0.909. The number of nitrogens with two attached hydrogens (primary N) is 1. The van der Waals surface area contributed by atoms with Crippen LogP contribution in [0.4, 0.5) is 0 Å². The van der Waals surface area contributed by atoms with Gasteiger partial charge in [-0.05, 0) is 31.9 Å². The standard InChI is InChI=1S/C11H22N2O3S2/c1-17-9-4-3-8(7-9)13-11(14)10(12)5-6-18(2,15)16/h8-10H,3-7,12H2,1-2H3,(H,13,14). The second kappa shape index (κ2) is 6.77. The molecule has 18 heavy (non-hydrogen) atoms. The van der Waals surface area contributed by atoms with Crippen molar-refractivity contribution in [3.8, 4) is 0 Å². The van der Waals surface area contributed by atoms with Gasteiger partial charge in [0.1, 0.15) is 9.84 Å². The maximum atomic E-state index is 11.8. The Balaban J connectivity index is 2.32. The van der Waals surface area contributed by atoms with Crippen LogP contribution in [0.1, 0.15) is 25.7 Å². The lowest BCUT2D eigenvalue weighted by atomic mass is 10.2. The van der Waals surface area contributed by atoms with Gasteiger partial charge in [-0.1, -0.05) is 0 Å². The highest BCUT2D eigenvalue weighted by Crippen LogP contribution is 2.28. The number of sulfone groups is 1. The van der Waals surface area contributed by atoms with E-state index in [0.29, 0.717) is 5.25 Å². The first-order valence-corrected chi connectivity index (χ1v) is 9.43. The second-order valence-corrected chi connectivity index (χ2v) is 8.30. The fourth-order valence-corrected chi connectivity index (χ4v) is 3.54. The molecular weight excluding hydrogens is 272 g/mol. The van der Waals surface area contributed by atoms with Crippen molar-refractivity contribution < 1.29 is 13.2 Å². The molecule has 7 heteroatoms. The van der Waals surface area contributed by atoms with Crippen LogP contribution in [0.5, 0.6) is 0 Å². The minimum Gasteiger partial charge on any atom is -0.352 e. The summed E-state index contributed by atoms with van der Waals surface area (Å²) in [6.07, 6.45) is 6.49. The van der Waals surface area contributed by atoms with Crippen molar-refractivity contribution in [3.05, 3.63) is 0 Å². The fourth-order valence-electron chi connectivity index (χ4n) is 2.07. The van der Waals surface area contributed by atoms with E-state index in [1.54, 1.807) is 0 Å². The van der Waals surface area contributed by atoms with Crippen LogP contribution in [0.3, 0.4) is 0 Å². The first-order valence-electron chi connectivity index (χ1n) is 6.08. The predicted molar refractivity (Wildman–Crippen MR) is 75.4 cm³/mol. The monoisotopic (exact) mass is 294 g/mol. The third kappa shape index (κ3) is 5.58. The molecule has 0 bridgehead atoms. The summed E-state index contributed by atoms with van der Waals surface area (Å²) in [5.41, 5.74) is 5.69. The van der Waals surface area contributed by atoms with Gasteiger partial charge in [-0.2, -0.15) is 11.8 Å². The van der Waals surface area contributed by atoms with Crippen molar-refractivity contribution in [1.29, 1.82) is 0 Å². The van der Waals surface area contributed by atoms with Crippen LogP contribution in [-0.2, 0) is 14.6 Å². The molecule has 1 aliphatic carbocycles. The van der Waals surface area contributed by atoms with Crippen molar-refractivity contribution in [2.45, 2.75) is 43.0 Å². The lowest BCUT2D eigenvalue weighted by molar-refractivity contribution is -0.123. The molecular formula is C11H22N2O3S2. The molecule has 1 rings (SSSR count). The molecule has 106 valence electrons. The van der Waals surface area contributed by atoms with Crippen molar-refractivity contribution >= 4 is 27.5 Å². The molecule has 0 aromatic heterocycles. The SMILES string of the molecule is CSC1CCC(NC(=O)C(N)CCS(C)(=O)=O)C1. The molecule has 0 radical (unpaired) electrons. The van der Waals surface area contributed by atoms with Crippen LogP contribution in [0.25, 0.3) is 0 Å².